The van der Waals surface area contributed by atoms with Crippen molar-refractivity contribution in [2.24, 2.45) is 5.73 Å². The van der Waals surface area contributed by atoms with E-state index >= 15 is 0 Å². The molecule has 0 aliphatic rings. The predicted octanol–water partition coefficient (Wildman–Crippen LogP) is 2.18. The lowest BCUT2D eigenvalue weighted by atomic mass is 9.95. The summed E-state index contributed by atoms with van der Waals surface area (Å²) in [5, 5.41) is 9.31. The minimum atomic E-state index is 0.0419. The van der Waals surface area contributed by atoms with Crippen molar-refractivity contribution in [3.05, 3.63) is 29.8 Å². The first kappa shape index (κ1) is 17.0. The van der Waals surface area contributed by atoms with Crippen LogP contribution in [0, 0.1) is 0 Å². The lowest BCUT2D eigenvalue weighted by Gasteiger charge is -2.35. The van der Waals surface area contributed by atoms with Gasteiger partial charge in [0.15, 0.2) is 0 Å². The van der Waals surface area contributed by atoms with E-state index in [0.29, 0.717) is 6.54 Å². The van der Waals surface area contributed by atoms with Crippen LogP contribution in [0.1, 0.15) is 38.3 Å². The summed E-state index contributed by atoms with van der Waals surface area (Å²) in [6.07, 6.45) is 1.93. The highest BCUT2D eigenvalue weighted by atomic mass is 16.5. The van der Waals surface area contributed by atoms with E-state index in [1.54, 1.807) is 7.11 Å². The monoisotopic (exact) mass is 280 g/mol. The smallest absolute Gasteiger partial charge is 0.119 e. The van der Waals surface area contributed by atoms with Gasteiger partial charge in [0.1, 0.15) is 5.75 Å². The third-order valence-corrected chi connectivity index (χ3v) is 3.60. The van der Waals surface area contributed by atoms with Crippen LogP contribution in [0.2, 0.25) is 0 Å². The molecule has 0 fully saturated rings. The topological polar surface area (TPSA) is 58.7 Å². The summed E-state index contributed by atoms with van der Waals surface area (Å²) in [4.78, 5) is 2.27. The largest absolute Gasteiger partial charge is 0.497 e. The lowest BCUT2D eigenvalue weighted by molar-refractivity contribution is 0.132. The molecule has 0 aromatic heterocycles. The van der Waals surface area contributed by atoms with E-state index in [9.17, 15) is 5.11 Å². The Hall–Kier alpha value is -1.10. The van der Waals surface area contributed by atoms with Crippen molar-refractivity contribution in [3.8, 4) is 5.75 Å². The van der Waals surface area contributed by atoms with Gasteiger partial charge in [-0.25, -0.2) is 0 Å². The molecule has 0 heterocycles. The number of benzene rings is 1. The average molecular weight is 280 g/mol. The molecule has 0 amide bonds. The zero-order valence-electron chi connectivity index (χ0n) is 12.9. The fourth-order valence-corrected chi connectivity index (χ4v) is 2.58. The second-order valence-corrected chi connectivity index (χ2v) is 5.05. The van der Waals surface area contributed by atoms with E-state index in [-0.39, 0.29) is 18.7 Å². The van der Waals surface area contributed by atoms with E-state index in [1.165, 1.54) is 0 Å². The molecule has 1 aromatic rings. The van der Waals surface area contributed by atoms with Crippen molar-refractivity contribution in [1.82, 2.24) is 4.90 Å². The average Bonchev–Trinajstić information content (AvgIpc) is 2.48. The maximum Gasteiger partial charge on any atom is 0.119 e. The SMILES string of the molecule is CCCN(CCO)C(c1cccc(OC)c1)C(N)CC. The van der Waals surface area contributed by atoms with E-state index in [0.717, 1.165) is 30.7 Å². The number of rotatable bonds is 9. The molecular weight excluding hydrogens is 252 g/mol. The Kier molecular flexibility index (Phi) is 7.59. The maximum absolute atomic E-state index is 9.31. The molecule has 114 valence electrons. The van der Waals surface area contributed by atoms with E-state index in [4.69, 9.17) is 10.5 Å². The van der Waals surface area contributed by atoms with Crippen LogP contribution in [0.5, 0.6) is 5.75 Å². The normalized spacial score (nSPS) is 14.3. The van der Waals surface area contributed by atoms with Gasteiger partial charge in [0.25, 0.3) is 0 Å². The van der Waals surface area contributed by atoms with Crippen molar-refractivity contribution in [2.75, 3.05) is 26.8 Å². The van der Waals surface area contributed by atoms with E-state index in [1.807, 2.05) is 18.2 Å². The summed E-state index contributed by atoms with van der Waals surface area (Å²) in [5.74, 6) is 0.844. The number of aliphatic hydroxyl groups excluding tert-OH is 1. The van der Waals surface area contributed by atoms with Gasteiger partial charge >= 0.3 is 0 Å². The zero-order chi connectivity index (χ0) is 15.0. The van der Waals surface area contributed by atoms with Crippen molar-refractivity contribution < 1.29 is 9.84 Å². The fraction of sp³-hybridized carbons (Fsp3) is 0.625. The van der Waals surface area contributed by atoms with Gasteiger partial charge in [0, 0.05) is 12.6 Å². The van der Waals surface area contributed by atoms with Crippen LogP contribution in [0.3, 0.4) is 0 Å². The molecule has 20 heavy (non-hydrogen) atoms. The Morgan fingerprint density at radius 3 is 2.60 bits per heavy atom. The number of hydrogen-bond donors (Lipinski definition) is 2. The number of nitrogens with zero attached hydrogens (tertiary/aromatic N) is 1. The fourth-order valence-electron chi connectivity index (χ4n) is 2.58. The molecule has 4 nitrogen and oxygen atoms in total. The Morgan fingerprint density at radius 2 is 2.05 bits per heavy atom. The summed E-state index contributed by atoms with van der Waals surface area (Å²) in [7, 11) is 1.67. The summed E-state index contributed by atoms with van der Waals surface area (Å²) in [6, 6.07) is 8.21. The highest BCUT2D eigenvalue weighted by Gasteiger charge is 2.25. The highest BCUT2D eigenvalue weighted by molar-refractivity contribution is 5.31. The molecule has 0 radical (unpaired) electrons. The molecule has 3 N–H and O–H groups in total. The summed E-state index contributed by atoms with van der Waals surface area (Å²) < 4.78 is 5.31. The Labute approximate surface area is 122 Å². The molecule has 0 saturated carbocycles. The number of methoxy groups -OCH3 is 1. The molecule has 4 heteroatoms. The van der Waals surface area contributed by atoms with Gasteiger partial charge in [-0.3, -0.25) is 4.90 Å². The van der Waals surface area contributed by atoms with Gasteiger partial charge in [-0.1, -0.05) is 26.0 Å². The maximum atomic E-state index is 9.31. The molecule has 0 aliphatic heterocycles. The molecule has 0 spiro atoms. The van der Waals surface area contributed by atoms with Crippen LogP contribution in [-0.2, 0) is 0 Å². The summed E-state index contributed by atoms with van der Waals surface area (Å²) >= 11 is 0. The molecule has 1 aromatic carbocycles. The molecule has 0 saturated heterocycles. The minimum Gasteiger partial charge on any atom is -0.497 e. The Balaban J connectivity index is 3.08. The quantitative estimate of drug-likeness (QED) is 0.728. The first-order chi connectivity index (χ1) is 9.67. The minimum absolute atomic E-state index is 0.0419. The number of aliphatic hydroxyl groups is 1. The van der Waals surface area contributed by atoms with Crippen LogP contribution in [0.4, 0.5) is 0 Å². The van der Waals surface area contributed by atoms with Crippen LogP contribution < -0.4 is 10.5 Å². The first-order valence-electron chi connectivity index (χ1n) is 7.42. The van der Waals surface area contributed by atoms with E-state index < -0.39 is 0 Å². The zero-order valence-corrected chi connectivity index (χ0v) is 12.9. The van der Waals surface area contributed by atoms with Gasteiger partial charge < -0.3 is 15.6 Å². The van der Waals surface area contributed by atoms with Gasteiger partial charge in [0.2, 0.25) is 0 Å². The Morgan fingerprint density at radius 1 is 1.30 bits per heavy atom. The molecule has 0 aliphatic carbocycles. The molecule has 2 unspecified atom stereocenters. The summed E-state index contributed by atoms with van der Waals surface area (Å²) in [5.41, 5.74) is 7.49. The summed E-state index contributed by atoms with van der Waals surface area (Å²) in [6.45, 7) is 5.96. The van der Waals surface area contributed by atoms with Crippen molar-refractivity contribution >= 4 is 0 Å². The van der Waals surface area contributed by atoms with Gasteiger partial charge in [-0.15, -0.1) is 0 Å². The number of hydrogen-bond acceptors (Lipinski definition) is 4. The van der Waals surface area contributed by atoms with Gasteiger partial charge in [0.05, 0.1) is 19.8 Å². The molecular formula is C16H28N2O2. The van der Waals surface area contributed by atoms with Crippen LogP contribution >= 0.6 is 0 Å². The van der Waals surface area contributed by atoms with Crippen molar-refractivity contribution in [3.63, 3.8) is 0 Å². The van der Waals surface area contributed by atoms with Gasteiger partial charge in [-0.2, -0.15) is 0 Å². The lowest BCUT2D eigenvalue weighted by Crippen LogP contribution is -2.42. The first-order valence-corrected chi connectivity index (χ1v) is 7.42. The van der Waals surface area contributed by atoms with E-state index in [2.05, 4.69) is 24.8 Å². The second-order valence-electron chi connectivity index (χ2n) is 5.05. The van der Waals surface area contributed by atoms with Gasteiger partial charge in [-0.05, 0) is 37.1 Å². The van der Waals surface area contributed by atoms with Crippen LogP contribution in [0.15, 0.2) is 24.3 Å². The second kappa shape index (κ2) is 8.95. The third kappa shape index (κ3) is 4.47. The van der Waals surface area contributed by atoms with Crippen molar-refractivity contribution in [1.29, 1.82) is 0 Å². The van der Waals surface area contributed by atoms with Crippen LogP contribution in [0.25, 0.3) is 0 Å². The Bertz CT molecular complexity index is 378. The predicted molar refractivity (Wildman–Crippen MR) is 83.0 cm³/mol. The highest BCUT2D eigenvalue weighted by Crippen LogP contribution is 2.27. The molecule has 0 bridgehead atoms. The number of ether oxygens (including phenoxy) is 1. The number of nitrogens with two attached hydrogens (primary N) is 1. The third-order valence-electron chi connectivity index (χ3n) is 3.60. The molecule has 1 rings (SSSR count). The van der Waals surface area contributed by atoms with Crippen LogP contribution in [-0.4, -0.2) is 42.9 Å². The standard InChI is InChI=1S/C16H28N2O2/c1-4-9-18(10-11-19)16(15(17)5-2)13-7-6-8-14(12-13)20-3/h6-8,12,15-16,19H,4-5,9-11,17H2,1-3H3. The van der Waals surface area contributed by atoms with Crippen molar-refractivity contribution in [2.45, 2.75) is 38.8 Å². The molecule has 2 atom stereocenters.